The average Bonchev–Trinajstić information content (AvgIpc) is 3.25. The van der Waals surface area contributed by atoms with Crippen LogP contribution in [0.3, 0.4) is 0 Å². The number of para-hydroxylation sites is 1. The lowest BCUT2D eigenvalue weighted by Gasteiger charge is -2.22. The maximum Gasteiger partial charge on any atom is 0.321 e. The van der Waals surface area contributed by atoms with E-state index in [4.69, 9.17) is 0 Å². The van der Waals surface area contributed by atoms with Gasteiger partial charge in [-0.25, -0.2) is 4.79 Å². The Kier molecular flexibility index (Phi) is 5.92. The molecule has 2 amide bonds. The number of carbonyl (C=O) groups excluding carboxylic acids is 1. The lowest BCUT2D eigenvalue weighted by molar-refractivity contribution is 0.215. The Labute approximate surface area is 171 Å². The number of aromatic nitrogens is 2. The Bertz CT molecular complexity index is 807. The van der Waals surface area contributed by atoms with Crippen molar-refractivity contribution in [3.05, 3.63) is 42.2 Å². The van der Waals surface area contributed by atoms with Crippen LogP contribution < -0.4 is 5.32 Å². The molecule has 7 heteroatoms. The molecule has 0 radical (unpaired) electrons. The highest BCUT2D eigenvalue weighted by Gasteiger charge is 2.37. The van der Waals surface area contributed by atoms with Gasteiger partial charge in [-0.2, -0.15) is 5.10 Å². The smallest absolute Gasteiger partial charge is 0.321 e. The van der Waals surface area contributed by atoms with Crippen LogP contribution in [0.1, 0.15) is 18.5 Å². The second kappa shape index (κ2) is 8.57. The summed E-state index contributed by atoms with van der Waals surface area (Å²) < 4.78 is 1.96. The molecule has 0 unspecified atom stereocenters. The number of thioether (sulfide) groups is 1. The molecule has 4 rings (SSSR count). The quantitative estimate of drug-likeness (QED) is 0.800. The second-order valence-corrected chi connectivity index (χ2v) is 8.70. The van der Waals surface area contributed by atoms with E-state index in [1.807, 2.05) is 53.3 Å². The van der Waals surface area contributed by atoms with Gasteiger partial charge in [0.05, 0.1) is 11.4 Å². The van der Waals surface area contributed by atoms with Gasteiger partial charge in [-0.05, 0) is 62.2 Å². The first-order valence-corrected chi connectivity index (χ1v) is 11.2. The van der Waals surface area contributed by atoms with Gasteiger partial charge in [-0.15, -0.1) is 11.8 Å². The number of nitrogens with one attached hydrogen (secondary N) is 1. The minimum absolute atomic E-state index is 0.0429. The predicted octanol–water partition coefficient (Wildman–Crippen LogP) is 3.52. The Hall–Kier alpha value is -1.99. The van der Waals surface area contributed by atoms with Gasteiger partial charge in [0, 0.05) is 37.8 Å². The zero-order valence-electron chi connectivity index (χ0n) is 16.7. The zero-order chi connectivity index (χ0) is 19.5. The van der Waals surface area contributed by atoms with Gasteiger partial charge in [0.25, 0.3) is 0 Å². The van der Waals surface area contributed by atoms with Crippen molar-refractivity contribution >= 4 is 23.5 Å². The van der Waals surface area contributed by atoms with E-state index in [1.165, 1.54) is 5.69 Å². The number of hydrogen-bond acceptors (Lipinski definition) is 4. The number of rotatable bonds is 4. The number of fused-ring (bicyclic) bond motifs is 1. The van der Waals surface area contributed by atoms with E-state index in [9.17, 15) is 4.79 Å². The van der Waals surface area contributed by atoms with Crippen LogP contribution in [0, 0.1) is 11.8 Å². The molecule has 1 aromatic heterocycles. The Morgan fingerprint density at radius 2 is 1.89 bits per heavy atom. The first-order chi connectivity index (χ1) is 13.6. The first-order valence-electron chi connectivity index (χ1n) is 10.0. The van der Waals surface area contributed by atoms with Gasteiger partial charge in [0.2, 0.25) is 0 Å². The molecule has 6 nitrogen and oxygen atoms in total. The molecule has 3 heterocycles. The maximum absolute atomic E-state index is 12.8. The lowest BCUT2D eigenvalue weighted by Crippen LogP contribution is -2.34. The number of benzene rings is 1. The number of anilines is 1. The fourth-order valence-electron chi connectivity index (χ4n) is 4.45. The minimum atomic E-state index is 0.0429. The third-order valence-electron chi connectivity index (χ3n) is 6.15. The van der Waals surface area contributed by atoms with E-state index in [2.05, 4.69) is 21.4 Å². The van der Waals surface area contributed by atoms with Crippen LogP contribution in [0.25, 0.3) is 0 Å². The van der Waals surface area contributed by atoms with Crippen LogP contribution >= 0.6 is 11.8 Å². The molecule has 2 aromatic rings. The van der Waals surface area contributed by atoms with Crippen molar-refractivity contribution in [2.45, 2.75) is 24.3 Å². The highest BCUT2D eigenvalue weighted by atomic mass is 32.2. The summed E-state index contributed by atoms with van der Waals surface area (Å²) in [5.74, 6) is 1.22. The molecule has 2 aliphatic heterocycles. The Morgan fingerprint density at radius 1 is 1.18 bits per heavy atom. The van der Waals surface area contributed by atoms with Crippen molar-refractivity contribution in [3.63, 3.8) is 0 Å². The molecule has 0 saturated carbocycles. The van der Waals surface area contributed by atoms with Crippen LogP contribution in [0.2, 0.25) is 0 Å². The predicted molar refractivity (Wildman–Crippen MR) is 114 cm³/mol. The van der Waals surface area contributed by atoms with Crippen molar-refractivity contribution in [3.8, 4) is 0 Å². The molecule has 2 saturated heterocycles. The molecule has 2 atom stereocenters. The topological polar surface area (TPSA) is 53.4 Å². The number of aryl methyl sites for hydroxylation is 1. The highest BCUT2D eigenvalue weighted by Crippen LogP contribution is 2.33. The van der Waals surface area contributed by atoms with Crippen LogP contribution in [-0.2, 0) is 13.6 Å². The number of carbonyl (C=O) groups is 1. The fourth-order valence-corrected chi connectivity index (χ4v) is 5.01. The van der Waals surface area contributed by atoms with Crippen molar-refractivity contribution < 1.29 is 4.79 Å². The molecular weight excluding hydrogens is 370 g/mol. The molecule has 0 spiro atoms. The Morgan fingerprint density at radius 3 is 2.54 bits per heavy atom. The van der Waals surface area contributed by atoms with Crippen molar-refractivity contribution in [2.75, 3.05) is 37.8 Å². The van der Waals surface area contributed by atoms with Crippen LogP contribution in [-0.4, -0.2) is 58.0 Å². The van der Waals surface area contributed by atoms with E-state index in [0.29, 0.717) is 11.8 Å². The highest BCUT2D eigenvalue weighted by molar-refractivity contribution is 7.98. The summed E-state index contributed by atoms with van der Waals surface area (Å²) in [6.07, 6.45) is 6.23. The van der Waals surface area contributed by atoms with Gasteiger partial charge in [-0.1, -0.05) is 12.1 Å². The molecule has 1 aromatic carbocycles. The van der Waals surface area contributed by atoms with Crippen LogP contribution in [0.4, 0.5) is 10.5 Å². The number of nitrogens with zero attached hydrogens (tertiary/aromatic N) is 4. The molecular formula is C21H29N5OS. The summed E-state index contributed by atoms with van der Waals surface area (Å²) in [5.41, 5.74) is 2.18. The van der Waals surface area contributed by atoms with E-state index in [1.54, 1.807) is 11.8 Å². The molecule has 150 valence electrons. The Balaban J connectivity index is 1.32. The minimum Gasteiger partial charge on any atom is -0.324 e. The third kappa shape index (κ3) is 4.20. The summed E-state index contributed by atoms with van der Waals surface area (Å²) in [6.45, 7) is 4.90. The molecule has 0 bridgehead atoms. The number of likely N-dealkylation sites (tertiary alicyclic amines) is 2. The summed E-state index contributed by atoms with van der Waals surface area (Å²) >= 11 is 1.66. The van der Waals surface area contributed by atoms with Crippen molar-refractivity contribution in [1.82, 2.24) is 19.6 Å². The summed E-state index contributed by atoms with van der Waals surface area (Å²) in [4.78, 5) is 18.5. The third-order valence-corrected chi connectivity index (χ3v) is 6.95. The van der Waals surface area contributed by atoms with Gasteiger partial charge in [0.15, 0.2) is 0 Å². The average molecular weight is 400 g/mol. The fraction of sp³-hybridized carbons (Fsp3) is 0.524. The van der Waals surface area contributed by atoms with Gasteiger partial charge >= 0.3 is 6.03 Å². The van der Waals surface area contributed by atoms with Crippen molar-refractivity contribution in [1.29, 1.82) is 0 Å². The van der Waals surface area contributed by atoms with Gasteiger partial charge < -0.3 is 10.2 Å². The monoisotopic (exact) mass is 399 g/mol. The summed E-state index contributed by atoms with van der Waals surface area (Å²) in [6, 6.07) is 10.2. The molecule has 2 aliphatic rings. The number of hydrogen-bond donors (Lipinski definition) is 1. The summed E-state index contributed by atoms with van der Waals surface area (Å²) in [7, 11) is 2.01. The van der Waals surface area contributed by atoms with E-state index >= 15 is 0 Å². The summed E-state index contributed by atoms with van der Waals surface area (Å²) in [5, 5.41) is 7.40. The van der Waals surface area contributed by atoms with Gasteiger partial charge in [-0.3, -0.25) is 9.58 Å². The van der Waals surface area contributed by atoms with Crippen LogP contribution in [0.5, 0.6) is 0 Å². The van der Waals surface area contributed by atoms with E-state index in [0.717, 1.165) is 56.1 Å². The van der Waals surface area contributed by atoms with E-state index in [-0.39, 0.29) is 6.03 Å². The SMILES string of the molecule is CSc1ccccc1NC(=O)N1C[C@H]2CCN(Cc3ccnn3C)CC[C@H]2C1. The lowest BCUT2D eigenvalue weighted by atomic mass is 9.92. The molecule has 1 N–H and O–H groups in total. The molecule has 28 heavy (non-hydrogen) atoms. The van der Waals surface area contributed by atoms with Crippen molar-refractivity contribution in [2.24, 2.45) is 18.9 Å². The largest absolute Gasteiger partial charge is 0.324 e. The maximum atomic E-state index is 12.8. The second-order valence-electron chi connectivity index (χ2n) is 7.86. The zero-order valence-corrected chi connectivity index (χ0v) is 17.5. The van der Waals surface area contributed by atoms with E-state index < -0.39 is 0 Å². The number of amides is 2. The first kappa shape index (κ1) is 19.3. The number of urea groups is 1. The standard InChI is InChI=1S/C21H29N5OS/c1-24-18(7-10-22-24)15-25-11-8-16-13-26(14-17(16)9-12-25)21(27)23-19-5-3-4-6-20(19)28-2/h3-7,10,16-17H,8-9,11-15H2,1-2H3,(H,23,27)/t16-,17+. The normalized spacial score (nSPS) is 22.7. The molecule has 2 fully saturated rings. The molecule has 0 aliphatic carbocycles. The van der Waals surface area contributed by atoms with Gasteiger partial charge in [0.1, 0.15) is 0 Å². The van der Waals surface area contributed by atoms with Crippen LogP contribution in [0.15, 0.2) is 41.4 Å².